The number of non-ortho nitro benzene ring substituents is 1. The van der Waals surface area contributed by atoms with Gasteiger partial charge >= 0.3 is 5.97 Å². The Morgan fingerprint density at radius 1 is 0.951 bits per heavy atom. The molecule has 1 aliphatic heterocycles. The smallest absolute Gasteiger partial charge is 0.343 e. The monoisotopic (exact) mass is 570 g/mol. The Labute approximate surface area is 238 Å². The maximum Gasteiger partial charge on any atom is 0.343 e. The summed E-state index contributed by atoms with van der Waals surface area (Å²) in [6, 6.07) is 23.3. The molecular formula is C30H22N2O8S. The van der Waals surface area contributed by atoms with Crippen molar-refractivity contribution in [2.24, 2.45) is 0 Å². The Kier molecular flexibility index (Phi) is 7.97. The van der Waals surface area contributed by atoms with Crippen molar-refractivity contribution < 1.29 is 33.5 Å². The van der Waals surface area contributed by atoms with Gasteiger partial charge in [-0.1, -0.05) is 48.5 Å². The summed E-state index contributed by atoms with van der Waals surface area (Å²) in [6.45, 7) is 0.221. The lowest BCUT2D eigenvalue weighted by Gasteiger charge is -2.14. The van der Waals surface area contributed by atoms with E-state index in [0.29, 0.717) is 11.3 Å². The van der Waals surface area contributed by atoms with E-state index in [1.807, 2.05) is 42.5 Å². The fourth-order valence-electron chi connectivity index (χ4n) is 4.18. The van der Waals surface area contributed by atoms with Crippen molar-refractivity contribution >= 4 is 51.4 Å². The first-order valence-electron chi connectivity index (χ1n) is 12.3. The van der Waals surface area contributed by atoms with Gasteiger partial charge in [0.25, 0.3) is 16.8 Å². The number of nitro groups is 1. The standard InChI is InChI=1S/C30H22N2O8S/c1-38-26-16-19(12-13-25(26)40-29(34)21-8-4-9-22(18-21)32(36)37)17-27-28(33)31(30(35)41-27)14-15-39-24-11-5-7-20-6-2-3-10-23(20)24/h2-13,16-18H,14-15H2,1H3/b27-17-. The van der Waals surface area contributed by atoms with Crippen molar-refractivity contribution in [3.05, 3.63) is 111 Å². The van der Waals surface area contributed by atoms with Crippen LogP contribution in [0.25, 0.3) is 16.8 Å². The molecule has 4 aromatic rings. The van der Waals surface area contributed by atoms with Crippen molar-refractivity contribution in [2.45, 2.75) is 0 Å². The van der Waals surface area contributed by atoms with E-state index in [4.69, 9.17) is 14.2 Å². The third kappa shape index (κ3) is 6.04. The van der Waals surface area contributed by atoms with E-state index in [-0.39, 0.29) is 40.8 Å². The number of hydrogen-bond donors (Lipinski definition) is 0. The molecule has 0 unspecified atom stereocenters. The number of ether oxygens (including phenoxy) is 3. The van der Waals surface area contributed by atoms with Gasteiger partial charge in [0.1, 0.15) is 12.4 Å². The summed E-state index contributed by atoms with van der Waals surface area (Å²) in [6.07, 6.45) is 1.55. The molecule has 206 valence electrons. The molecule has 1 saturated heterocycles. The van der Waals surface area contributed by atoms with Crippen LogP contribution in [0.15, 0.2) is 89.8 Å². The molecule has 2 amide bonds. The van der Waals surface area contributed by atoms with E-state index in [2.05, 4.69) is 0 Å². The average Bonchev–Trinajstić information content (AvgIpc) is 3.25. The summed E-state index contributed by atoms with van der Waals surface area (Å²) in [4.78, 5) is 49.9. The lowest BCUT2D eigenvalue weighted by molar-refractivity contribution is -0.384. The number of fused-ring (bicyclic) bond motifs is 1. The summed E-state index contributed by atoms with van der Waals surface area (Å²) in [7, 11) is 1.38. The van der Waals surface area contributed by atoms with E-state index in [1.54, 1.807) is 18.2 Å². The van der Waals surface area contributed by atoms with Crippen LogP contribution in [0.3, 0.4) is 0 Å². The van der Waals surface area contributed by atoms with Gasteiger partial charge in [0.05, 0.1) is 29.0 Å². The van der Waals surface area contributed by atoms with Gasteiger partial charge in [-0.25, -0.2) is 4.79 Å². The molecule has 1 fully saturated rings. The molecule has 0 atom stereocenters. The average molecular weight is 571 g/mol. The van der Waals surface area contributed by atoms with Gasteiger partial charge in [-0.3, -0.25) is 24.6 Å². The van der Waals surface area contributed by atoms with Crippen molar-refractivity contribution in [2.75, 3.05) is 20.3 Å². The molecule has 0 aliphatic carbocycles. The van der Waals surface area contributed by atoms with Crippen LogP contribution < -0.4 is 14.2 Å². The second kappa shape index (κ2) is 11.9. The van der Waals surface area contributed by atoms with Crippen molar-refractivity contribution in [1.29, 1.82) is 0 Å². The first-order chi connectivity index (χ1) is 19.8. The van der Waals surface area contributed by atoms with Gasteiger partial charge in [0.15, 0.2) is 11.5 Å². The van der Waals surface area contributed by atoms with Crippen LogP contribution >= 0.6 is 11.8 Å². The second-order valence-electron chi connectivity index (χ2n) is 8.77. The Morgan fingerprint density at radius 2 is 1.73 bits per heavy atom. The minimum Gasteiger partial charge on any atom is -0.493 e. The first-order valence-corrected chi connectivity index (χ1v) is 13.2. The summed E-state index contributed by atoms with van der Waals surface area (Å²) in [5, 5.41) is 12.6. The van der Waals surface area contributed by atoms with Crippen LogP contribution in [0.1, 0.15) is 15.9 Å². The number of amides is 2. The molecule has 4 aromatic carbocycles. The topological polar surface area (TPSA) is 125 Å². The number of nitrogens with zero attached hydrogens (tertiary/aromatic N) is 2. The molecule has 10 nitrogen and oxygen atoms in total. The van der Waals surface area contributed by atoms with Crippen LogP contribution in [-0.2, 0) is 4.79 Å². The molecule has 0 aromatic heterocycles. The highest BCUT2D eigenvalue weighted by Gasteiger charge is 2.35. The summed E-state index contributed by atoms with van der Waals surface area (Å²) < 4.78 is 16.6. The summed E-state index contributed by atoms with van der Waals surface area (Å²) >= 11 is 0.816. The quantitative estimate of drug-likeness (QED) is 0.0772. The number of benzene rings is 4. The molecule has 0 spiro atoms. The number of thioether (sulfide) groups is 1. The van der Waals surface area contributed by atoms with Crippen LogP contribution in [0, 0.1) is 10.1 Å². The van der Waals surface area contributed by atoms with Gasteiger partial charge in [-0.15, -0.1) is 0 Å². The molecule has 0 bridgehead atoms. The molecule has 1 aliphatic rings. The number of carbonyl (C=O) groups excluding carboxylic acids is 3. The lowest BCUT2D eigenvalue weighted by Crippen LogP contribution is -2.32. The number of imide groups is 1. The Hall–Kier alpha value is -5.16. The Morgan fingerprint density at radius 3 is 2.54 bits per heavy atom. The minimum atomic E-state index is -0.799. The highest BCUT2D eigenvalue weighted by molar-refractivity contribution is 8.18. The zero-order chi connectivity index (χ0) is 28.9. The van der Waals surface area contributed by atoms with Crippen LogP contribution in [0.4, 0.5) is 10.5 Å². The first kappa shape index (κ1) is 27.4. The largest absolute Gasteiger partial charge is 0.493 e. The van der Waals surface area contributed by atoms with E-state index in [0.717, 1.165) is 33.5 Å². The highest BCUT2D eigenvalue weighted by Crippen LogP contribution is 2.35. The van der Waals surface area contributed by atoms with E-state index in [1.165, 1.54) is 31.4 Å². The third-order valence-electron chi connectivity index (χ3n) is 6.18. The lowest BCUT2D eigenvalue weighted by atomic mass is 10.1. The molecule has 0 N–H and O–H groups in total. The number of rotatable bonds is 9. The van der Waals surface area contributed by atoms with Crippen LogP contribution in [0.2, 0.25) is 0 Å². The van der Waals surface area contributed by atoms with Crippen molar-refractivity contribution in [1.82, 2.24) is 4.90 Å². The SMILES string of the molecule is COc1cc(/C=C2\SC(=O)N(CCOc3cccc4ccccc34)C2=O)ccc1OC(=O)c1cccc([N+](=O)[O-])c1. The van der Waals surface area contributed by atoms with Gasteiger partial charge in [-0.2, -0.15) is 0 Å². The molecule has 0 radical (unpaired) electrons. The van der Waals surface area contributed by atoms with E-state index in [9.17, 15) is 24.5 Å². The fourth-order valence-corrected chi connectivity index (χ4v) is 5.04. The zero-order valence-electron chi connectivity index (χ0n) is 21.6. The van der Waals surface area contributed by atoms with Crippen LogP contribution in [-0.4, -0.2) is 47.2 Å². The molecule has 1 heterocycles. The third-order valence-corrected chi connectivity index (χ3v) is 7.08. The number of methoxy groups -OCH3 is 1. The number of esters is 1. The number of nitro benzene ring substituents is 1. The maximum absolute atomic E-state index is 13.0. The molecular weight excluding hydrogens is 548 g/mol. The normalized spacial score (nSPS) is 14.0. The Balaban J connectivity index is 1.25. The molecule has 41 heavy (non-hydrogen) atoms. The van der Waals surface area contributed by atoms with Gasteiger partial charge in [0.2, 0.25) is 0 Å². The minimum absolute atomic E-state index is 0.00318. The summed E-state index contributed by atoms with van der Waals surface area (Å²) in [5.41, 5.74) is 0.300. The number of hydrogen-bond acceptors (Lipinski definition) is 9. The van der Waals surface area contributed by atoms with Gasteiger partial charge in [0, 0.05) is 17.5 Å². The van der Waals surface area contributed by atoms with Crippen molar-refractivity contribution in [3.8, 4) is 17.2 Å². The number of carbonyl (C=O) groups is 3. The highest BCUT2D eigenvalue weighted by atomic mass is 32.2. The van der Waals surface area contributed by atoms with E-state index >= 15 is 0 Å². The van der Waals surface area contributed by atoms with Gasteiger partial charge in [-0.05, 0) is 53.1 Å². The van der Waals surface area contributed by atoms with Gasteiger partial charge < -0.3 is 14.2 Å². The van der Waals surface area contributed by atoms with Crippen LogP contribution in [0.5, 0.6) is 17.2 Å². The predicted molar refractivity (Wildman–Crippen MR) is 153 cm³/mol. The Bertz CT molecular complexity index is 1710. The fraction of sp³-hybridized carbons (Fsp3) is 0.100. The second-order valence-corrected chi connectivity index (χ2v) is 9.76. The summed E-state index contributed by atoms with van der Waals surface area (Å²) in [5.74, 6) is -0.294. The van der Waals surface area contributed by atoms with Crippen molar-refractivity contribution in [3.63, 3.8) is 0 Å². The molecule has 11 heteroatoms. The zero-order valence-corrected chi connectivity index (χ0v) is 22.5. The molecule has 0 saturated carbocycles. The van der Waals surface area contributed by atoms with E-state index < -0.39 is 22.0 Å². The maximum atomic E-state index is 13.0. The molecule has 5 rings (SSSR count). The predicted octanol–water partition coefficient (Wildman–Crippen LogP) is 6.09.